The summed E-state index contributed by atoms with van der Waals surface area (Å²) in [7, 11) is 0. The number of alkyl halides is 3. The predicted molar refractivity (Wildman–Crippen MR) is 90.7 cm³/mol. The van der Waals surface area contributed by atoms with Crippen molar-refractivity contribution in [1.82, 2.24) is 10.2 Å². The van der Waals surface area contributed by atoms with Crippen molar-refractivity contribution >= 4 is 11.6 Å². The molecule has 0 saturated heterocycles. The molecule has 8 heteroatoms. The first-order valence-electron chi connectivity index (χ1n) is 8.26. The van der Waals surface area contributed by atoms with Gasteiger partial charge in [-0.05, 0) is 48.2 Å². The van der Waals surface area contributed by atoms with Gasteiger partial charge in [0.1, 0.15) is 0 Å². The van der Waals surface area contributed by atoms with Gasteiger partial charge in [-0.15, -0.1) is 10.2 Å². The van der Waals surface area contributed by atoms with Crippen LogP contribution in [0.25, 0.3) is 11.5 Å². The van der Waals surface area contributed by atoms with E-state index < -0.39 is 11.7 Å². The highest BCUT2D eigenvalue weighted by molar-refractivity contribution is 5.95. The summed E-state index contributed by atoms with van der Waals surface area (Å²) in [4.78, 5) is 12.4. The molecule has 1 aromatic heterocycles. The van der Waals surface area contributed by atoms with Gasteiger partial charge in [0.15, 0.2) is 0 Å². The van der Waals surface area contributed by atoms with Crippen molar-refractivity contribution in [1.29, 1.82) is 0 Å². The van der Waals surface area contributed by atoms with Crippen LogP contribution in [0.4, 0.5) is 18.9 Å². The number of nitrogens with one attached hydrogen (secondary N) is 1. The van der Waals surface area contributed by atoms with E-state index in [9.17, 15) is 18.0 Å². The fourth-order valence-electron chi connectivity index (χ4n) is 3.04. The summed E-state index contributed by atoms with van der Waals surface area (Å²) >= 11 is 0. The van der Waals surface area contributed by atoms with Crippen LogP contribution in [-0.4, -0.2) is 16.1 Å². The summed E-state index contributed by atoms with van der Waals surface area (Å²) < 4.78 is 43.0. The molecule has 1 amide bonds. The van der Waals surface area contributed by atoms with Gasteiger partial charge >= 0.3 is 6.18 Å². The maximum absolute atomic E-state index is 12.6. The molecule has 1 saturated carbocycles. The summed E-state index contributed by atoms with van der Waals surface area (Å²) in [5.41, 5.74) is 1.32. The van der Waals surface area contributed by atoms with Crippen molar-refractivity contribution in [2.24, 2.45) is 5.92 Å². The zero-order valence-corrected chi connectivity index (χ0v) is 13.9. The van der Waals surface area contributed by atoms with Gasteiger partial charge in [-0.2, -0.15) is 13.2 Å². The molecule has 0 aliphatic heterocycles. The average molecular weight is 373 g/mol. The van der Waals surface area contributed by atoms with Crippen LogP contribution in [0.3, 0.4) is 0 Å². The van der Waals surface area contributed by atoms with Crippen LogP contribution in [0, 0.1) is 5.92 Å². The van der Waals surface area contributed by atoms with Crippen LogP contribution in [0.15, 0.2) is 59.3 Å². The predicted octanol–water partition coefficient (Wildman–Crippen LogP) is 4.50. The number of nitrogens with zero attached hydrogens (tertiary/aromatic N) is 2. The number of anilines is 1. The van der Waals surface area contributed by atoms with E-state index in [0.717, 1.165) is 17.7 Å². The Morgan fingerprint density at radius 3 is 2.59 bits per heavy atom. The maximum Gasteiger partial charge on any atom is 0.416 e. The number of benzene rings is 2. The molecule has 5 nitrogen and oxygen atoms in total. The molecule has 1 aliphatic rings. The number of hydrogen-bond acceptors (Lipinski definition) is 4. The van der Waals surface area contributed by atoms with Crippen LogP contribution in [0.1, 0.15) is 23.5 Å². The molecule has 0 radical (unpaired) electrons. The molecule has 0 spiro atoms. The second-order valence-electron chi connectivity index (χ2n) is 6.38. The highest BCUT2D eigenvalue weighted by Gasteiger charge is 2.44. The summed E-state index contributed by atoms with van der Waals surface area (Å²) in [5, 5.41) is 10.3. The summed E-state index contributed by atoms with van der Waals surface area (Å²) in [6, 6.07) is 12.0. The molecule has 0 bridgehead atoms. The zero-order chi connectivity index (χ0) is 19.0. The van der Waals surface area contributed by atoms with E-state index in [1.165, 1.54) is 18.5 Å². The van der Waals surface area contributed by atoms with Crippen LogP contribution in [0.2, 0.25) is 0 Å². The van der Waals surface area contributed by atoms with E-state index in [0.29, 0.717) is 23.6 Å². The SMILES string of the molecule is O=C(Nc1cccc(-c2nnco2)c1)C1CC1c1ccc(C(F)(F)F)cc1. The van der Waals surface area contributed by atoms with Crippen molar-refractivity contribution in [2.75, 3.05) is 5.32 Å². The van der Waals surface area contributed by atoms with E-state index in [2.05, 4.69) is 15.5 Å². The third-order valence-corrected chi connectivity index (χ3v) is 4.53. The van der Waals surface area contributed by atoms with Gasteiger partial charge in [-0.1, -0.05) is 18.2 Å². The smallest absolute Gasteiger partial charge is 0.416 e. The van der Waals surface area contributed by atoms with Crippen molar-refractivity contribution < 1.29 is 22.4 Å². The third-order valence-electron chi connectivity index (χ3n) is 4.53. The van der Waals surface area contributed by atoms with E-state index in [1.54, 1.807) is 24.3 Å². The number of rotatable bonds is 4. The summed E-state index contributed by atoms with van der Waals surface area (Å²) in [5.74, 6) is -0.136. The quantitative estimate of drug-likeness (QED) is 0.731. The molecule has 1 N–H and O–H groups in total. The lowest BCUT2D eigenvalue weighted by atomic mass is 10.1. The maximum atomic E-state index is 12.6. The Bertz CT molecular complexity index is 953. The molecule has 1 aliphatic carbocycles. The first-order chi connectivity index (χ1) is 12.9. The lowest BCUT2D eigenvalue weighted by Gasteiger charge is -2.08. The Morgan fingerprint density at radius 2 is 1.93 bits per heavy atom. The number of hydrogen-bond donors (Lipinski definition) is 1. The van der Waals surface area contributed by atoms with Gasteiger partial charge in [-0.25, -0.2) is 0 Å². The molecule has 1 heterocycles. The van der Waals surface area contributed by atoms with Gasteiger partial charge in [0.05, 0.1) is 5.56 Å². The molecular weight excluding hydrogens is 359 g/mol. The Labute approximate surface area is 152 Å². The third kappa shape index (κ3) is 3.69. The molecule has 2 aromatic carbocycles. The van der Waals surface area contributed by atoms with E-state index in [1.807, 2.05) is 0 Å². The van der Waals surface area contributed by atoms with Crippen molar-refractivity contribution in [3.8, 4) is 11.5 Å². The van der Waals surface area contributed by atoms with Crippen molar-refractivity contribution in [3.05, 3.63) is 66.1 Å². The monoisotopic (exact) mass is 373 g/mol. The minimum Gasteiger partial charge on any atom is -0.423 e. The molecule has 2 atom stereocenters. The van der Waals surface area contributed by atoms with E-state index in [4.69, 9.17) is 4.42 Å². The van der Waals surface area contributed by atoms with Gasteiger partial charge in [0.25, 0.3) is 0 Å². The number of carbonyl (C=O) groups is 1. The Kier molecular flexibility index (Phi) is 4.18. The van der Waals surface area contributed by atoms with Crippen molar-refractivity contribution in [3.63, 3.8) is 0 Å². The fourth-order valence-corrected chi connectivity index (χ4v) is 3.04. The second-order valence-corrected chi connectivity index (χ2v) is 6.38. The standard InChI is InChI=1S/C19H14F3N3O2/c20-19(21,22)13-6-4-11(5-7-13)15-9-16(15)17(26)24-14-3-1-2-12(8-14)18-25-23-10-27-18/h1-8,10,15-16H,9H2,(H,24,26). The molecule has 3 aromatic rings. The van der Waals surface area contributed by atoms with Gasteiger partial charge in [0.2, 0.25) is 18.2 Å². The van der Waals surface area contributed by atoms with E-state index in [-0.39, 0.29) is 17.7 Å². The van der Waals surface area contributed by atoms with Gasteiger partial charge in [-0.3, -0.25) is 4.79 Å². The second kappa shape index (κ2) is 6.53. The minimum atomic E-state index is -4.36. The first kappa shape index (κ1) is 17.3. The highest BCUT2D eigenvalue weighted by atomic mass is 19.4. The normalized spacial score (nSPS) is 18.9. The molecule has 4 rings (SSSR count). The van der Waals surface area contributed by atoms with Gasteiger partial charge in [0, 0.05) is 17.2 Å². The summed E-state index contributed by atoms with van der Waals surface area (Å²) in [6.07, 6.45) is -2.53. The van der Waals surface area contributed by atoms with Gasteiger partial charge < -0.3 is 9.73 Å². The molecule has 2 unspecified atom stereocenters. The molecule has 1 fully saturated rings. The molecular formula is C19H14F3N3O2. The molecule has 138 valence electrons. The average Bonchev–Trinajstić information content (AvgIpc) is 3.26. The van der Waals surface area contributed by atoms with Crippen LogP contribution >= 0.6 is 0 Å². The Balaban J connectivity index is 1.41. The zero-order valence-electron chi connectivity index (χ0n) is 13.9. The lowest BCUT2D eigenvalue weighted by Crippen LogP contribution is -2.14. The number of aromatic nitrogens is 2. The lowest BCUT2D eigenvalue weighted by molar-refractivity contribution is -0.137. The van der Waals surface area contributed by atoms with Crippen LogP contribution < -0.4 is 5.32 Å². The number of amides is 1. The topological polar surface area (TPSA) is 68.0 Å². The first-order valence-corrected chi connectivity index (χ1v) is 8.26. The van der Waals surface area contributed by atoms with Crippen LogP contribution in [-0.2, 0) is 11.0 Å². The van der Waals surface area contributed by atoms with Crippen molar-refractivity contribution in [2.45, 2.75) is 18.5 Å². The Morgan fingerprint density at radius 1 is 1.15 bits per heavy atom. The molecule has 27 heavy (non-hydrogen) atoms. The largest absolute Gasteiger partial charge is 0.423 e. The summed E-state index contributed by atoms with van der Waals surface area (Å²) in [6.45, 7) is 0. The minimum absolute atomic E-state index is 0.0635. The Hall–Kier alpha value is -3.16. The van der Waals surface area contributed by atoms with E-state index >= 15 is 0 Å². The number of halogens is 3. The number of carbonyl (C=O) groups excluding carboxylic acids is 1. The van der Waals surface area contributed by atoms with Crippen LogP contribution in [0.5, 0.6) is 0 Å². The fraction of sp³-hybridized carbons (Fsp3) is 0.211. The highest BCUT2D eigenvalue weighted by Crippen LogP contribution is 2.48.